The zero-order valence-electron chi connectivity index (χ0n) is 12.4. The predicted octanol–water partition coefficient (Wildman–Crippen LogP) is 4.69. The van der Waals surface area contributed by atoms with Crippen LogP contribution in [-0.4, -0.2) is 9.97 Å². The predicted molar refractivity (Wildman–Crippen MR) is 94.3 cm³/mol. The number of anilines is 1. The minimum Gasteiger partial charge on any atom is -0.362 e. The molecule has 1 unspecified atom stereocenters. The Morgan fingerprint density at radius 3 is 3.00 bits per heavy atom. The van der Waals surface area contributed by atoms with E-state index in [4.69, 9.17) is 5.26 Å². The first-order valence-corrected chi connectivity index (χ1v) is 8.46. The van der Waals surface area contributed by atoms with Gasteiger partial charge in [-0.2, -0.15) is 5.26 Å². The molecule has 0 fully saturated rings. The van der Waals surface area contributed by atoms with Crippen LogP contribution in [0.1, 0.15) is 35.7 Å². The van der Waals surface area contributed by atoms with Crippen LogP contribution in [0.5, 0.6) is 0 Å². The molecule has 2 aromatic heterocycles. The zero-order valence-corrected chi connectivity index (χ0v) is 14.0. The number of fused-ring (bicyclic) bond motifs is 3. The fraction of sp³-hybridized carbons (Fsp3) is 0.222. The number of aromatic nitrogens is 2. The summed E-state index contributed by atoms with van der Waals surface area (Å²) in [5.41, 5.74) is 4.42. The summed E-state index contributed by atoms with van der Waals surface area (Å²) in [5, 5.41) is 13.7. The minimum absolute atomic E-state index is 0.227. The molecule has 4 nitrogen and oxygen atoms in total. The summed E-state index contributed by atoms with van der Waals surface area (Å²) in [7, 11) is 0. The second kappa shape index (κ2) is 5.71. The third-order valence-electron chi connectivity index (χ3n) is 4.38. The largest absolute Gasteiger partial charge is 0.362 e. The van der Waals surface area contributed by atoms with E-state index in [1.807, 2.05) is 6.07 Å². The molecule has 1 atom stereocenters. The van der Waals surface area contributed by atoms with Gasteiger partial charge in [-0.05, 0) is 55.2 Å². The monoisotopic (exact) mass is 366 g/mol. The van der Waals surface area contributed by atoms with E-state index in [9.17, 15) is 0 Å². The molecule has 3 aromatic rings. The van der Waals surface area contributed by atoms with Crippen molar-refractivity contribution in [1.82, 2.24) is 9.97 Å². The molecule has 0 amide bonds. The Hall–Kier alpha value is -2.32. The second-order valence-electron chi connectivity index (χ2n) is 5.84. The number of nitriles is 1. The van der Waals surface area contributed by atoms with E-state index in [2.05, 4.69) is 55.5 Å². The fourth-order valence-corrected chi connectivity index (χ4v) is 3.66. The highest BCUT2D eigenvalue weighted by molar-refractivity contribution is 9.10. The summed E-state index contributed by atoms with van der Waals surface area (Å²) in [6.45, 7) is 0. The lowest BCUT2D eigenvalue weighted by Gasteiger charge is -2.24. The van der Waals surface area contributed by atoms with E-state index in [0.29, 0.717) is 5.56 Å². The summed E-state index contributed by atoms with van der Waals surface area (Å²) >= 11 is 3.56. The zero-order chi connectivity index (χ0) is 15.8. The van der Waals surface area contributed by atoms with Crippen LogP contribution in [0.15, 0.2) is 41.0 Å². The summed E-state index contributed by atoms with van der Waals surface area (Å²) in [5.74, 6) is 0.807. The maximum absolute atomic E-state index is 8.86. The van der Waals surface area contributed by atoms with Crippen molar-refractivity contribution in [2.45, 2.75) is 25.3 Å². The fourth-order valence-electron chi connectivity index (χ4n) is 3.30. The van der Waals surface area contributed by atoms with Gasteiger partial charge in [-0.25, -0.2) is 4.98 Å². The van der Waals surface area contributed by atoms with Crippen molar-refractivity contribution >= 4 is 32.7 Å². The van der Waals surface area contributed by atoms with E-state index in [0.717, 1.165) is 29.6 Å². The maximum atomic E-state index is 8.86. The van der Waals surface area contributed by atoms with Gasteiger partial charge in [0, 0.05) is 27.3 Å². The lowest BCUT2D eigenvalue weighted by atomic mass is 9.91. The molecule has 4 rings (SSSR count). The Kier molecular flexibility index (Phi) is 3.55. The molecular formula is C18H15BrN4. The topological polar surface area (TPSA) is 64.5 Å². The van der Waals surface area contributed by atoms with E-state index in [-0.39, 0.29) is 6.04 Å². The third-order valence-corrected chi connectivity index (χ3v) is 4.88. The summed E-state index contributed by atoms with van der Waals surface area (Å²) in [4.78, 5) is 7.90. The molecule has 1 aromatic carbocycles. The number of hydrogen-bond acceptors (Lipinski definition) is 3. The number of nitrogens with one attached hydrogen (secondary N) is 2. The lowest BCUT2D eigenvalue weighted by Crippen LogP contribution is -2.17. The first-order chi connectivity index (χ1) is 11.2. The van der Waals surface area contributed by atoms with Crippen molar-refractivity contribution in [3.63, 3.8) is 0 Å². The number of rotatable bonds is 2. The van der Waals surface area contributed by atoms with Gasteiger partial charge in [-0.1, -0.05) is 15.9 Å². The van der Waals surface area contributed by atoms with Crippen LogP contribution in [0.25, 0.3) is 10.9 Å². The molecule has 0 saturated heterocycles. The number of halogens is 1. The number of aromatic amines is 1. The van der Waals surface area contributed by atoms with Crippen molar-refractivity contribution in [1.29, 1.82) is 5.26 Å². The first kappa shape index (κ1) is 14.3. The highest BCUT2D eigenvalue weighted by atomic mass is 79.9. The highest BCUT2D eigenvalue weighted by Crippen LogP contribution is 2.37. The molecule has 2 heterocycles. The van der Waals surface area contributed by atoms with Gasteiger partial charge in [0.15, 0.2) is 0 Å². The molecule has 0 saturated carbocycles. The smallest absolute Gasteiger partial charge is 0.126 e. The maximum Gasteiger partial charge on any atom is 0.126 e. The van der Waals surface area contributed by atoms with Gasteiger partial charge >= 0.3 is 0 Å². The van der Waals surface area contributed by atoms with Crippen molar-refractivity contribution in [3.05, 3.63) is 57.8 Å². The van der Waals surface area contributed by atoms with Crippen LogP contribution in [0.2, 0.25) is 0 Å². The third kappa shape index (κ3) is 2.60. The number of H-pyrrole nitrogens is 1. The van der Waals surface area contributed by atoms with Crippen molar-refractivity contribution < 1.29 is 0 Å². The number of pyridine rings is 1. The van der Waals surface area contributed by atoms with E-state index in [1.165, 1.54) is 22.2 Å². The molecule has 0 radical (unpaired) electrons. The van der Waals surface area contributed by atoms with Crippen molar-refractivity contribution in [2.75, 3.05) is 5.32 Å². The molecule has 23 heavy (non-hydrogen) atoms. The number of nitrogens with zero attached hydrogens (tertiary/aromatic N) is 2. The SMILES string of the molecule is N#Cc1ccc(NC2CCCc3c2[nH]c2ccc(Br)cc32)nc1. The molecule has 2 N–H and O–H groups in total. The quantitative estimate of drug-likeness (QED) is 0.691. The van der Waals surface area contributed by atoms with Crippen LogP contribution in [0.4, 0.5) is 5.82 Å². The van der Waals surface area contributed by atoms with Crippen LogP contribution >= 0.6 is 15.9 Å². The molecule has 1 aliphatic rings. The van der Waals surface area contributed by atoms with Gasteiger partial charge in [-0.3, -0.25) is 0 Å². The van der Waals surface area contributed by atoms with E-state index >= 15 is 0 Å². The molecule has 1 aliphatic carbocycles. The second-order valence-corrected chi connectivity index (χ2v) is 6.76. The molecular weight excluding hydrogens is 352 g/mol. The number of hydrogen-bond donors (Lipinski definition) is 2. The Morgan fingerprint density at radius 2 is 2.22 bits per heavy atom. The van der Waals surface area contributed by atoms with Gasteiger partial charge < -0.3 is 10.3 Å². The Bertz CT molecular complexity index is 905. The van der Waals surface area contributed by atoms with Crippen molar-refractivity contribution in [3.8, 4) is 6.07 Å². The van der Waals surface area contributed by atoms with Gasteiger partial charge in [0.25, 0.3) is 0 Å². The first-order valence-electron chi connectivity index (χ1n) is 7.67. The summed E-state index contributed by atoms with van der Waals surface area (Å²) in [6.07, 6.45) is 4.93. The Morgan fingerprint density at radius 1 is 1.30 bits per heavy atom. The van der Waals surface area contributed by atoms with Gasteiger partial charge in [0.05, 0.1) is 11.6 Å². The van der Waals surface area contributed by atoms with E-state index in [1.54, 1.807) is 12.3 Å². The van der Waals surface area contributed by atoms with Crippen LogP contribution in [0, 0.1) is 11.3 Å². The van der Waals surface area contributed by atoms with Crippen LogP contribution in [0.3, 0.4) is 0 Å². The standard InChI is InChI=1S/C18H15BrN4/c19-12-5-6-15-14(8-12)13-2-1-3-16(18(13)23-15)22-17-7-4-11(9-20)10-21-17/h4-8,10,16,23H,1-3H2,(H,21,22). The minimum atomic E-state index is 0.227. The van der Waals surface area contributed by atoms with E-state index < -0.39 is 0 Å². The molecule has 0 aliphatic heterocycles. The van der Waals surface area contributed by atoms with Crippen molar-refractivity contribution in [2.24, 2.45) is 0 Å². The highest BCUT2D eigenvalue weighted by Gasteiger charge is 2.24. The average Bonchev–Trinajstić information content (AvgIpc) is 2.95. The van der Waals surface area contributed by atoms with Gasteiger partial charge in [0.2, 0.25) is 0 Å². The molecule has 114 valence electrons. The summed E-state index contributed by atoms with van der Waals surface area (Å²) in [6, 6.07) is 12.4. The molecule has 0 bridgehead atoms. The van der Waals surface area contributed by atoms with Crippen LogP contribution in [-0.2, 0) is 6.42 Å². The Balaban J connectivity index is 1.69. The van der Waals surface area contributed by atoms with Gasteiger partial charge in [-0.15, -0.1) is 0 Å². The normalized spacial score (nSPS) is 16.8. The number of aryl methyl sites for hydroxylation is 1. The molecule has 0 spiro atoms. The molecule has 5 heteroatoms. The van der Waals surface area contributed by atoms with Crippen LogP contribution < -0.4 is 5.32 Å². The van der Waals surface area contributed by atoms with Gasteiger partial charge in [0.1, 0.15) is 11.9 Å². The average molecular weight is 367 g/mol. The lowest BCUT2D eigenvalue weighted by molar-refractivity contribution is 0.591. The Labute approximate surface area is 142 Å². The summed E-state index contributed by atoms with van der Waals surface area (Å²) < 4.78 is 1.11. The number of benzene rings is 1.